The van der Waals surface area contributed by atoms with Gasteiger partial charge in [-0.3, -0.25) is 9.78 Å². The second kappa shape index (κ2) is 7.47. The van der Waals surface area contributed by atoms with Crippen molar-refractivity contribution >= 4 is 34.6 Å². The molecular formula is C18H26IN3O3. The van der Waals surface area contributed by atoms with Crippen LogP contribution in [-0.4, -0.2) is 58.6 Å². The number of ether oxygens (including phenoxy) is 1. The van der Waals surface area contributed by atoms with Crippen LogP contribution in [0.5, 0.6) is 0 Å². The van der Waals surface area contributed by atoms with Crippen molar-refractivity contribution in [2.24, 2.45) is 0 Å². The summed E-state index contributed by atoms with van der Waals surface area (Å²) in [6.07, 6.45) is 1.41. The molecule has 0 radical (unpaired) electrons. The van der Waals surface area contributed by atoms with E-state index < -0.39 is 11.0 Å². The van der Waals surface area contributed by atoms with E-state index in [0.29, 0.717) is 26.2 Å². The maximum atomic E-state index is 13.0. The minimum absolute atomic E-state index is 0.0332. The van der Waals surface area contributed by atoms with Gasteiger partial charge in [0.15, 0.2) is 0 Å². The Morgan fingerprint density at radius 2 is 1.64 bits per heavy atom. The minimum atomic E-state index is -0.699. The highest BCUT2D eigenvalue weighted by Gasteiger charge is 2.37. The number of piperazine rings is 1. The number of amides is 2. The summed E-state index contributed by atoms with van der Waals surface area (Å²) in [4.78, 5) is 33.0. The van der Waals surface area contributed by atoms with Gasteiger partial charge >= 0.3 is 6.09 Å². The van der Waals surface area contributed by atoms with Gasteiger partial charge in [-0.1, -0.05) is 0 Å². The molecule has 2 amide bonds. The fourth-order valence-electron chi connectivity index (χ4n) is 2.67. The molecule has 0 aliphatic carbocycles. The van der Waals surface area contributed by atoms with Crippen LogP contribution < -0.4 is 0 Å². The Balaban J connectivity index is 2.00. The van der Waals surface area contributed by atoms with Crippen molar-refractivity contribution in [3.8, 4) is 0 Å². The standard InChI is InChI=1S/C18H26IN3O3/c1-17(2,3)25-16(24)22-10-8-21(9-11-22)15(23)18(4,5)14-12-13(19)6-7-20-14/h6-7,12H,8-11H2,1-5H3. The molecule has 0 saturated carbocycles. The molecule has 7 heteroatoms. The number of aromatic nitrogens is 1. The minimum Gasteiger partial charge on any atom is -0.444 e. The molecule has 0 N–H and O–H groups in total. The Kier molecular flexibility index (Phi) is 5.96. The average molecular weight is 459 g/mol. The van der Waals surface area contributed by atoms with E-state index in [0.717, 1.165) is 9.26 Å². The van der Waals surface area contributed by atoms with E-state index in [2.05, 4.69) is 27.6 Å². The first kappa shape index (κ1) is 19.9. The number of nitrogens with zero attached hydrogens (tertiary/aromatic N) is 3. The lowest BCUT2D eigenvalue weighted by molar-refractivity contribution is -0.138. The third kappa shape index (κ3) is 5.05. The number of pyridine rings is 1. The van der Waals surface area contributed by atoms with Crippen molar-refractivity contribution in [3.63, 3.8) is 0 Å². The molecule has 6 nitrogen and oxygen atoms in total. The SMILES string of the molecule is CC(C)(C)OC(=O)N1CCN(C(=O)C(C)(C)c2cc(I)ccn2)CC1. The molecule has 2 rings (SSSR count). The molecule has 25 heavy (non-hydrogen) atoms. The summed E-state index contributed by atoms with van der Waals surface area (Å²) in [6.45, 7) is 11.3. The normalized spacial score (nSPS) is 15.9. The van der Waals surface area contributed by atoms with Crippen LogP contribution in [-0.2, 0) is 14.9 Å². The van der Waals surface area contributed by atoms with Crippen molar-refractivity contribution in [3.05, 3.63) is 27.6 Å². The highest BCUT2D eigenvalue weighted by Crippen LogP contribution is 2.26. The van der Waals surface area contributed by atoms with Crippen LogP contribution in [0.15, 0.2) is 18.3 Å². The molecule has 0 spiro atoms. The lowest BCUT2D eigenvalue weighted by atomic mass is 9.86. The maximum absolute atomic E-state index is 13.0. The van der Waals surface area contributed by atoms with E-state index in [1.54, 1.807) is 11.1 Å². The van der Waals surface area contributed by atoms with E-state index >= 15 is 0 Å². The Morgan fingerprint density at radius 1 is 1.08 bits per heavy atom. The number of halogens is 1. The number of rotatable bonds is 2. The molecule has 1 aromatic rings. The molecule has 1 fully saturated rings. The summed E-state index contributed by atoms with van der Waals surface area (Å²) in [6, 6.07) is 3.85. The van der Waals surface area contributed by atoms with Crippen LogP contribution in [0.25, 0.3) is 0 Å². The summed E-state index contributed by atoms with van der Waals surface area (Å²) < 4.78 is 6.45. The van der Waals surface area contributed by atoms with E-state index in [1.165, 1.54) is 0 Å². The van der Waals surface area contributed by atoms with Crippen molar-refractivity contribution in [2.45, 2.75) is 45.6 Å². The van der Waals surface area contributed by atoms with Crippen molar-refractivity contribution in [1.29, 1.82) is 0 Å². The lowest BCUT2D eigenvalue weighted by Crippen LogP contribution is -2.55. The average Bonchev–Trinajstić information content (AvgIpc) is 2.52. The summed E-state index contributed by atoms with van der Waals surface area (Å²) in [7, 11) is 0. The molecule has 2 heterocycles. The molecule has 0 bridgehead atoms. The van der Waals surface area contributed by atoms with Crippen LogP contribution in [0.2, 0.25) is 0 Å². The highest BCUT2D eigenvalue weighted by molar-refractivity contribution is 14.1. The largest absolute Gasteiger partial charge is 0.444 e. The maximum Gasteiger partial charge on any atom is 0.410 e. The molecule has 1 aliphatic heterocycles. The molecule has 0 unspecified atom stereocenters. The monoisotopic (exact) mass is 459 g/mol. The smallest absolute Gasteiger partial charge is 0.410 e. The quantitative estimate of drug-likeness (QED) is 0.638. The fourth-order valence-corrected chi connectivity index (χ4v) is 3.13. The van der Waals surface area contributed by atoms with Crippen LogP contribution in [0.4, 0.5) is 4.79 Å². The second-order valence-electron chi connectivity index (χ2n) is 7.74. The van der Waals surface area contributed by atoms with Crippen molar-refractivity contribution in [2.75, 3.05) is 26.2 Å². The Hall–Kier alpha value is -1.38. The van der Waals surface area contributed by atoms with Gasteiger partial charge < -0.3 is 14.5 Å². The third-order valence-corrected chi connectivity index (χ3v) is 4.79. The zero-order chi connectivity index (χ0) is 18.8. The molecule has 1 saturated heterocycles. The number of carbonyl (C=O) groups is 2. The summed E-state index contributed by atoms with van der Waals surface area (Å²) in [5, 5.41) is 0. The number of hydrogen-bond donors (Lipinski definition) is 0. The number of hydrogen-bond acceptors (Lipinski definition) is 4. The van der Waals surface area contributed by atoms with Gasteiger partial charge in [0.25, 0.3) is 0 Å². The first-order chi connectivity index (χ1) is 11.5. The van der Waals surface area contributed by atoms with E-state index in [9.17, 15) is 9.59 Å². The first-order valence-corrected chi connectivity index (χ1v) is 9.48. The summed E-state index contributed by atoms with van der Waals surface area (Å²) in [5.74, 6) is 0.0332. The molecule has 1 aliphatic rings. The van der Waals surface area contributed by atoms with Crippen LogP contribution in [0.3, 0.4) is 0 Å². The number of carbonyl (C=O) groups excluding carboxylic acids is 2. The van der Waals surface area contributed by atoms with E-state index in [4.69, 9.17) is 4.74 Å². The lowest BCUT2D eigenvalue weighted by Gasteiger charge is -2.38. The molecule has 0 atom stereocenters. The van der Waals surface area contributed by atoms with E-state index in [-0.39, 0.29) is 12.0 Å². The van der Waals surface area contributed by atoms with Crippen LogP contribution in [0.1, 0.15) is 40.3 Å². The zero-order valence-electron chi connectivity index (χ0n) is 15.5. The van der Waals surface area contributed by atoms with Gasteiger partial charge in [-0.05, 0) is 69.3 Å². The van der Waals surface area contributed by atoms with Crippen LogP contribution in [0, 0.1) is 3.57 Å². The molecule has 138 valence electrons. The van der Waals surface area contributed by atoms with Gasteiger partial charge in [0, 0.05) is 35.9 Å². The predicted molar refractivity (Wildman–Crippen MR) is 104 cm³/mol. The summed E-state index contributed by atoms with van der Waals surface area (Å²) in [5.41, 5.74) is -0.448. The van der Waals surface area contributed by atoms with E-state index in [1.807, 2.05) is 51.7 Å². The molecule has 0 aromatic carbocycles. The topological polar surface area (TPSA) is 62.7 Å². The summed E-state index contributed by atoms with van der Waals surface area (Å²) >= 11 is 2.22. The van der Waals surface area contributed by atoms with Gasteiger partial charge in [-0.25, -0.2) is 4.79 Å². The fraction of sp³-hybridized carbons (Fsp3) is 0.611. The molecular weight excluding hydrogens is 433 g/mol. The molecule has 1 aromatic heterocycles. The Bertz CT molecular complexity index is 647. The Labute approximate surface area is 163 Å². The predicted octanol–water partition coefficient (Wildman–Crippen LogP) is 3.04. The van der Waals surface area contributed by atoms with Gasteiger partial charge in [-0.15, -0.1) is 0 Å². The van der Waals surface area contributed by atoms with Gasteiger partial charge in [0.05, 0.1) is 11.1 Å². The van der Waals surface area contributed by atoms with Gasteiger partial charge in [0.1, 0.15) is 5.60 Å². The third-order valence-electron chi connectivity index (χ3n) is 4.12. The van der Waals surface area contributed by atoms with Gasteiger partial charge in [-0.2, -0.15) is 0 Å². The Morgan fingerprint density at radius 3 is 2.16 bits per heavy atom. The first-order valence-electron chi connectivity index (χ1n) is 8.40. The second-order valence-corrected chi connectivity index (χ2v) is 8.99. The van der Waals surface area contributed by atoms with Crippen LogP contribution >= 0.6 is 22.6 Å². The zero-order valence-corrected chi connectivity index (χ0v) is 17.7. The van der Waals surface area contributed by atoms with Crippen molar-refractivity contribution in [1.82, 2.24) is 14.8 Å². The van der Waals surface area contributed by atoms with Gasteiger partial charge in [0.2, 0.25) is 5.91 Å². The highest BCUT2D eigenvalue weighted by atomic mass is 127. The van der Waals surface area contributed by atoms with Crippen molar-refractivity contribution < 1.29 is 14.3 Å².